The summed E-state index contributed by atoms with van der Waals surface area (Å²) in [4.78, 5) is 4.33. The van der Waals surface area contributed by atoms with Gasteiger partial charge in [-0.1, -0.05) is 20.8 Å². The fraction of sp³-hybridized carbons (Fsp3) is 0.615. The van der Waals surface area contributed by atoms with Crippen LogP contribution in [0, 0.1) is 0 Å². The molecule has 0 saturated carbocycles. The van der Waals surface area contributed by atoms with Gasteiger partial charge >= 0.3 is 6.18 Å². The fourth-order valence-corrected chi connectivity index (χ4v) is 1.44. The van der Waals surface area contributed by atoms with Crippen LogP contribution in [-0.4, -0.2) is 17.3 Å². The van der Waals surface area contributed by atoms with E-state index in [0.29, 0.717) is 12.1 Å². The maximum Gasteiger partial charge on any atom is 0.425 e. The van der Waals surface area contributed by atoms with Crippen molar-refractivity contribution in [3.05, 3.63) is 23.5 Å². The van der Waals surface area contributed by atoms with Crippen LogP contribution in [0.3, 0.4) is 0 Å². The lowest BCUT2D eigenvalue weighted by Crippen LogP contribution is -2.31. The molecule has 1 aromatic rings. The average molecular weight is 261 g/mol. The minimum atomic E-state index is -4.36. The van der Waals surface area contributed by atoms with Crippen molar-refractivity contribution in [1.29, 1.82) is 0 Å². The molecule has 18 heavy (non-hydrogen) atoms. The van der Waals surface area contributed by atoms with Crippen LogP contribution < -0.4 is 4.74 Å². The zero-order valence-corrected chi connectivity index (χ0v) is 11.0. The van der Waals surface area contributed by atoms with Crippen molar-refractivity contribution in [1.82, 2.24) is 4.98 Å². The summed E-state index contributed by atoms with van der Waals surface area (Å²) in [5, 5.41) is 0. The molecule has 0 spiro atoms. The summed E-state index contributed by atoms with van der Waals surface area (Å²) in [5.74, 6) is 0.455. The molecule has 102 valence electrons. The molecular formula is C13H18F3NO. The largest absolute Gasteiger partial charge is 0.479 e. The average Bonchev–Trinajstić information content (AvgIpc) is 2.27. The van der Waals surface area contributed by atoms with Crippen molar-refractivity contribution in [3.63, 3.8) is 0 Å². The van der Waals surface area contributed by atoms with Gasteiger partial charge in [0.15, 0.2) is 6.10 Å². The summed E-state index contributed by atoms with van der Waals surface area (Å²) < 4.78 is 42.2. The Bertz CT molecular complexity index is 402. The Morgan fingerprint density at radius 2 is 1.83 bits per heavy atom. The van der Waals surface area contributed by atoms with Crippen LogP contribution in [0.15, 0.2) is 12.1 Å². The Morgan fingerprint density at radius 1 is 1.22 bits per heavy atom. The van der Waals surface area contributed by atoms with E-state index in [-0.39, 0.29) is 11.7 Å². The first-order chi connectivity index (χ1) is 8.25. The summed E-state index contributed by atoms with van der Waals surface area (Å²) in [6, 6.07) is 3.28. The number of nitrogens with zero attached hydrogens (tertiary/aromatic N) is 1. The second-order valence-corrected chi connectivity index (χ2v) is 4.49. The van der Waals surface area contributed by atoms with Crippen molar-refractivity contribution >= 4 is 0 Å². The third-order valence-corrected chi connectivity index (χ3v) is 2.65. The molecule has 0 aliphatic heterocycles. The number of alkyl halides is 3. The molecular weight excluding hydrogens is 243 g/mol. The Labute approximate surface area is 105 Å². The minimum Gasteiger partial charge on any atom is -0.479 e. The highest BCUT2D eigenvalue weighted by atomic mass is 19.4. The smallest absolute Gasteiger partial charge is 0.425 e. The lowest BCUT2D eigenvalue weighted by atomic mass is 10.1. The Morgan fingerprint density at radius 3 is 2.28 bits per heavy atom. The number of rotatable bonds is 4. The maximum atomic E-state index is 12.4. The number of hydrogen-bond acceptors (Lipinski definition) is 2. The van der Waals surface area contributed by atoms with Crippen molar-refractivity contribution < 1.29 is 17.9 Å². The molecule has 1 aromatic heterocycles. The molecule has 0 aromatic carbocycles. The van der Waals surface area contributed by atoms with E-state index in [0.717, 1.165) is 12.6 Å². The second kappa shape index (κ2) is 5.59. The summed E-state index contributed by atoms with van der Waals surface area (Å²) in [6.07, 6.45) is -5.64. The van der Waals surface area contributed by atoms with E-state index in [9.17, 15) is 13.2 Å². The van der Waals surface area contributed by atoms with E-state index >= 15 is 0 Å². The monoisotopic (exact) mass is 261 g/mol. The van der Waals surface area contributed by atoms with Gasteiger partial charge in [0, 0.05) is 5.69 Å². The van der Waals surface area contributed by atoms with Gasteiger partial charge in [0.2, 0.25) is 0 Å². The number of halogens is 3. The standard InChI is InChI=1S/C13H18F3NO/c1-5-10-12(18-9(4)13(14,15)16)7-6-11(17-10)8(2)3/h6-9H,5H2,1-4H3. The molecule has 2 nitrogen and oxygen atoms in total. The van der Waals surface area contributed by atoms with Gasteiger partial charge in [-0.2, -0.15) is 13.2 Å². The van der Waals surface area contributed by atoms with Gasteiger partial charge in [0.1, 0.15) is 5.75 Å². The Kier molecular flexibility index (Phi) is 4.59. The van der Waals surface area contributed by atoms with Crippen molar-refractivity contribution in [2.24, 2.45) is 0 Å². The number of hydrogen-bond donors (Lipinski definition) is 0. The van der Waals surface area contributed by atoms with Gasteiger partial charge in [-0.3, -0.25) is 4.98 Å². The van der Waals surface area contributed by atoms with Gasteiger partial charge in [-0.25, -0.2) is 0 Å². The number of aromatic nitrogens is 1. The van der Waals surface area contributed by atoms with E-state index < -0.39 is 12.3 Å². The molecule has 1 rings (SSSR count). The third kappa shape index (κ3) is 3.62. The topological polar surface area (TPSA) is 22.1 Å². The molecule has 0 radical (unpaired) electrons. The fourth-order valence-electron chi connectivity index (χ4n) is 1.44. The molecule has 0 aliphatic rings. The third-order valence-electron chi connectivity index (χ3n) is 2.65. The van der Waals surface area contributed by atoms with E-state index in [1.807, 2.05) is 20.8 Å². The molecule has 1 unspecified atom stereocenters. The van der Waals surface area contributed by atoms with E-state index in [1.54, 1.807) is 12.1 Å². The van der Waals surface area contributed by atoms with Crippen LogP contribution in [0.2, 0.25) is 0 Å². The van der Waals surface area contributed by atoms with Gasteiger partial charge in [0.05, 0.1) is 5.69 Å². The predicted molar refractivity (Wildman–Crippen MR) is 63.8 cm³/mol. The molecule has 1 atom stereocenters. The van der Waals surface area contributed by atoms with Crippen LogP contribution in [0.5, 0.6) is 5.75 Å². The van der Waals surface area contributed by atoms with Gasteiger partial charge in [0.25, 0.3) is 0 Å². The highest BCUT2D eigenvalue weighted by Crippen LogP contribution is 2.27. The highest BCUT2D eigenvalue weighted by molar-refractivity contribution is 5.30. The highest BCUT2D eigenvalue weighted by Gasteiger charge is 2.38. The molecule has 0 N–H and O–H groups in total. The number of ether oxygens (including phenoxy) is 1. The van der Waals surface area contributed by atoms with Crippen molar-refractivity contribution in [2.75, 3.05) is 0 Å². The van der Waals surface area contributed by atoms with Gasteiger partial charge < -0.3 is 4.74 Å². The normalized spacial score (nSPS) is 13.8. The molecule has 0 fully saturated rings. The van der Waals surface area contributed by atoms with E-state index in [4.69, 9.17) is 4.74 Å². The SMILES string of the molecule is CCc1nc(C(C)C)ccc1OC(C)C(F)(F)F. The summed E-state index contributed by atoms with van der Waals surface area (Å²) in [7, 11) is 0. The van der Waals surface area contributed by atoms with Crippen LogP contribution in [0.4, 0.5) is 13.2 Å². The lowest BCUT2D eigenvalue weighted by molar-refractivity contribution is -0.189. The summed E-state index contributed by atoms with van der Waals surface area (Å²) >= 11 is 0. The maximum absolute atomic E-state index is 12.4. The van der Waals surface area contributed by atoms with Crippen LogP contribution in [0.1, 0.15) is 45.0 Å². The molecule has 5 heteroatoms. The predicted octanol–water partition coefficient (Wildman–Crippen LogP) is 4.10. The first-order valence-electron chi connectivity index (χ1n) is 5.98. The first-order valence-corrected chi connectivity index (χ1v) is 5.98. The Balaban J connectivity index is 2.96. The number of aryl methyl sites for hydroxylation is 1. The van der Waals surface area contributed by atoms with Crippen LogP contribution in [0.25, 0.3) is 0 Å². The van der Waals surface area contributed by atoms with Gasteiger partial charge in [-0.05, 0) is 31.4 Å². The molecule has 0 aliphatic carbocycles. The molecule has 0 bridgehead atoms. The molecule has 1 heterocycles. The Hall–Kier alpha value is -1.26. The molecule has 0 amide bonds. The van der Waals surface area contributed by atoms with Crippen molar-refractivity contribution in [3.8, 4) is 5.75 Å². The van der Waals surface area contributed by atoms with E-state index in [2.05, 4.69) is 4.98 Å². The van der Waals surface area contributed by atoms with Crippen LogP contribution >= 0.6 is 0 Å². The van der Waals surface area contributed by atoms with Crippen molar-refractivity contribution in [2.45, 2.75) is 52.3 Å². The van der Waals surface area contributed by atoms with Gasteiger partial charge in [-0.15, -0.1) is 0 Å². The van der Waals surface area contributed by atoms with E-state index in [1.165, 1.54) is 0 Å². The second-order valence-electron chi connectivity index (χ2n) is 4.49. The van der Waals surface area contributed by atoms with Crippen LogP contribution in [-0.2, 0) is 6.42 Å². The lowest BCUT2D eigenvalue weighted by Gasteiger charge is -2.19. The summed E-state index contributed by atoms with van der Waals surface area (Å²) in [6.45, 7) is 6.81. The minimum absolute atomic E-state index is 0.215. The quantitative estimate of drug-likeness (QED) is 0.814. The zero-order valence-electron chi connectivity index (χ0n) is 11.0. The zero-order chi connectivity index (χ0) is 13.9. The number of pyridine rings is 1. The summed E-state index contributed by atoms with van der Waals surface area (Å²) in [5.41, 5.74) is 1.43. The first kappa shape index (κ1) is 14.8. The molecule has 0 saturated heterocycles.